The Hall–Kier alpha value is -3.61. The minimum absolute atomic E-state index is 0.122. The Morgan fingerprint density at radius 2 is 1.77 bits per heavy atom. The molecular weight excluding hydrogens is 391 g/mol. The molecule has 1 aliphatic rings. The number of benzene rings is 2. The first kappa shape index (κ1) is 19.4. The Bertz CT molecular complexity index is 1230. The Kier molecular flexibility index (Phi) is 4.94. The maximum Gasteiger partial charge on any atom is 0.167 e. The van der Waals surface area contributed by atoms with Crippen molar-refractivity contribution in [1.82, 2.24) is 14.5 Å². The second-order valence-corrected chi connectivity index (χ2v) is 7.85. The Balaban J connectivity index is 1.75. The molecular formula is C24H25FN6. The zero-order valence-corrected chi connectivity index (χ0v) is 17.5. The van der Waals surface area contributed by atoms with Crippen LogP contribution < -0.4 is 16.0 Å². The van der Waals surface area contributed by atoms with E-state index in [0.29, 0.717) is 11.4 Å². The first-order chi connectivity index (χ1) is 15.2. The predicted octanol–water partition coefficient (Wildman–Crippen LogP) is 4.84. The van der Waals surface area contributed by atoms with Gasteiger partial charge in [-0.25, -0.2) is 14.4 Å². The number of anilines is 3. The van der Waals surface area contributed by atoms with Gasteiger partial charge in [-0.1, -0.05) is 0 Å². The molecule has 0 bridgehead atoms. The topological polar surface area (TPSA) is 72.0 Å². The summed E-state index contributed by atoms with van der Waals surface area (Å²) in [6.07, 6.45) is 5.44. The summed E-state index contributed by atoms with van der Waals surface area (Å²) in [6.45, 7) is 2.02. The molecule has 0 amide bonds. The highest BCUT2D eigenvalue weighted by Crippen LogP contribution is 2.34. The van der Waals surface area contributed by atoms with Crippen LogP contribution in [0.2, 0.25) is 0 Å². The van der Waals surface area contributed by atoms with Crippen molar-refractivity contribution in [3.05, 3.63) is 60.5 Å². The maximum atomic E-state index is 14.3. The van der Waals surface area contributed by atoms with Crippen molar-refractivity contribution in [2.45, 2.75) is 19.3 Å². The average Bonchev–Trinajstić information content (AvgIpc) is 3.21. The van der Waals surface area contributed by atoms with E-state index in [-0.39, 0.29) is 5.69 Å². The first-order valence-corrected chi connectivity index (χ1v) is 10.6. The van der Waals surface area contributed by atoms with Crippen molar-refractivity contribution < 1.29 is 4.39 Å². The monoisotopic (exact) mass is 416 g/mol. The molecule has 3 heterocycles. The molecule has 1 fully saturated rings. The third-order valence-corrected chi connectivity index (χ3v) is 5.89. The second kappa shape index (κ2) is 7.91. The number of hydrogen-bond donors (Lipinski definition) is 2. The Labute approximate surface area is 180 Å². The van der Waals surface area contributed by atoms with Gasteiger partial charge in [-0.05, 0) is 67.8 Å². The van der Waals surface area contributed by atoms with E-state index in [1.165, 1.54) is 25.3 Å². The van der Waals surface area contributed by atoms with Crippen molar-refractivity contribution >= 4 is 28.2 Å². The molecule has 158 valence electrons. The number of rotatable bonds is 4. The van der Waals surface area contributed by atoms with E-state index in [1.807, 2.05) is 48.1 Å². The minimum atomic E-state index is -0.453. The number of hydrogen-bond acceptors (Lipinski definition) is 5. The zero-order chi connectivity index (χ0) is 21.4. The van der Waals surface area contributed by atoms with Gasteiger partial charge in [0.1, 0.15) is 17.2 Å². The minimum Gasteiger partial charge on any atom is -0.396 e. The normalized spacial score (nSPS) is 14.2. The molecule has 0 spiro atoms. The van der Waals surface area contributed by atoms with Crippen molar-refractivity contribution in [3.8, 4) is 17.1 Å². The molecule has 6 nitrogen and oxygen atoms in total. The van der Waals surface area contributed by atoms with Gasteiger partial charge in [-0.2, -0.15) is 0 Å². The van der Waals surface area contributed by atoms with Crippen LogP contribution in [0.25, 0.3) is 28.2 Å². The smallest absolute Gasteiger partial charge is 0.167 e. The van der Waals surface area contributed by atoms with Crippen LogP contribution >= 0.6 is 0 Å². The third-order valence-electron chi connectivity index (χ3n) is 5.89. The number of nitrogens with zero attached hydrogens (tertiary/aromatic N) is 4. The fourth-order valence-corrected chi connectivity index (χ4v) is 4.23. The fraction of sp³-hybridized carbons (Fsp3) is 0.250. The number of nitrogens with one attached hydrogen (secondary N) is 1. The van der Waals surface area contributed by atoms with Gasteiger partial charge in [0.05, 0.1) is 11.4 Å². The average molecular weight is 417 g/mol. The molecule has 4 aromatic rings. The molecule has 7 heteroatoms. The molecule has 5 rings (SSSR count). The van der Waals surface area contributed by atoms with Crippen molar-refractivity contribution in [2.24, 2.45) is 0 Å². The largest absolute Gasteiger partial charge is 0.396 e. The first-order valence-electron chi connectivity index (χ1n) is 10.6. The van der Waals surface area contributed by atoms with Gasteiger partial charge in [0.25, 0.3) is 0 Å². The van der Waals surface area contributed by atoms with Crippen LogP contribution in [0.5, 0.6) is 0 Å². The molecule has 3 N–H and O–H groups in total. The number of pyridine rings is 1. The summed E-state index contributed by atoms with van der Waals surface area (Å²) in [5, 5.41) is 3.14. The zero-order valence-electron chi connectivity index (χ0n) is 17.5. The lowest BCUT2D eigenvalue weighted by Gasteiger charge is -2.28. The van der Waals surface area contributed by atoms with Crippen LogP contribution in [0.15, 0.2) is 54.7 Å². The van der Waals surface area contributed by atoms with E-state index in [4.69, 9.17) is 10.7 Å². The standard InChI is InChI=1S/C24H25FN6/c1-27-17-6-8-18(9-7-17)31-23(16-5-10-20(26)19(25)15-16)29-22-21(11-12-28-24(22)31)30-13-3-2-4-14-30/h5-12,15,27H,2-4,13-14,26H2,1H3. The van der Waals surface area contributed by atoms with Crippen LogP contribution in [0, 0.1) is 5.82 Å². The molecule has 2 aromatic carbocycles. The maximum absolute atomic E-state index is 14.3. The van der Waals surface area contributed by atoms with E-state index in [0.717, 1.165) is 41.3 Å². The Morgan fingerprint density at radius 1 is 1.00 bits per heavy atom. The molecule has 1 saturated heterocycles. The summed E-state index contributed by atoms with van der Waals surface area (Å²) >= 11 is 0. The summed E-state index contributed by atoms with van der Waals surface area (Å²) in [5.74, 6) is 0.189. The predicted molar refractivity (Wildman–Crippen MR) is 124 cm³/mol. The number of aromatic nitrogens is 3. The van der Waals surface area contributed by atoms with Crippen LogP contribution in [0.4, 0.5) is 21.5 Å². The Morgan fingerprint density at radius 3 is 2.48 bits per heavy atom. The SMILES string of the molecule is CNc1ccc(-n2c(-c3ccc(N)c(F)c3)nc3c(N4CCCCC4)ccnc32)cc1. The number of halogens is 1. The summed E-state index contributed by atoms with van der Waals surface area (Å²) in [5.41, 5.74) is 11.1. The van der Waals surface area contributed by atoms with Crippen molar-refractivity contribution in [1.29, 1.82) is 0 Å². The van der Waals surface area contributed by atoms with Crippen molar-refractivity contribution in [2.75, 3.05) is 36.1 Å². The summed E-state index contributed by atoms with van der Waals surface area (Å²) < 4.78 is 16.3. The van der Waals surface area contributed by atoms with Gasteiger partial charge in [0.2, 0.25) is 0 Å². The lowest BCUT2D eigenvalue weighted by molar-refractivity contribution is 0.578. The number of imidazole rings is 1. The van der Waals surface area contributed by atoms with Gasteiger partial charge in [-0.15, -0.1) is 0 Å². The van der Waals surface area contributed by atoms with E-state index in [2.05, 4.69) is 15.2 Å². The van der Waals surface area contributed by atoms with Gasteiger partial charge in [-0.3, -0.25) is 4.57 Å². The second-order valence-electron chi connectivity index (χ2n) is 7.85. The van der Waals surface area contributed by atoms with Crippen LogP contribution in [0.3, 0.4) is 0 Å². The molecule has 0 atom stereocenters. The fourth-order valence-electron chi connectivity index (χ4n) is 4.23. The van der Waals surface area contributed by atoms with Gasteiger partial charge in [0.15, 0.2) is 5.65 Å². The van der Waals surface area contributed by atoms with Crippen molar-refractivity contribution in [3.63, 3.8) is 0 Å². The van der Waals surface area contributed by atoms with Gasteiger partial charge < -0.3 is 16.0 Å². The summed E-state index contributed by atoms with van der Waals surface area (Å²) in [6, 6.07) is 14.9. The third kappa shape index (κ3) is 3.46. The molecule has 0 aliphatic carbocycles. The summed E-state index contributed by atoms with van der Waals surface area (Å²) in [7, 11) is 1.89. The highest BCUT2D eigenvalue weighted by Gasteiger charge is 2.22. The lowest BCUT2D eigenvalue weighted by Crippen LogP contribution is -2.29. The highest BCUT2D eigenvalue weighted by atomic mass is 19.1. The van der Waals surface area contributed by atoms with Crippen LogP contribution in [0.1, 0.15) is 19.3 Å². The molecule has 1 aliphatic heterocycles. The lowest BCUT2D eigenvalue weighted by atomic mass is 10.1. The number of nitrogen functional groups attached to an aromatic ring is 1. The molecule has 0 radical (unpaired) electrons. The van der Waals surface area contributed by atoms with E-state index >= 15 is 0 Å². The van der Waals surface area contributed by atoms with Gasteiger partial charge in [0, 0.05) is 43.3 Å². The van der Waals surface area contributed by atoms with Crippen LogP contribution in [-0.4, -0.2) is 34.7 Å². The quantitative estimate of drug-likeness (QED) is 0.466. The van der Waals surface area contributed by atoms with E-state index in [1.54, 1.807) is 12.1 Å². The highest BCUT2D eigenvalue weighted by molar-refractivity contribution is 5.90. The van der Waals surface area contributed by atoms with E-state index < -0.39 is 5.82 Å². The molecule has 0 saturated carbocycles. The molecule has 31 heavy (non-hydrogen) atoms. The number of fused-ring (bicyclic) bond motifs is 1. The number of piperidine rings is 1. The number of nitrogens with two attached hydrogens (primary N) is 1. The van der Waals surface area contributed by atoms with Crippen LogP contribution in [-0.2, 0) is 0 Å². The molecule has 2 aromatic heterocycles. The van der Waals surface area contributed by atoms with Gasteiger partial charge >= 0.3 is 0 Å². The van der Waals surface area contributed by atoms with E-state index in [9.17, 15) is 4.39 Å². The molecule has 0 unspecified atom stereocenters. The summed E-state index contributed by atoms with van der Waals surface area (Å²) in [4.78, 5) is 12.0.